The topological polar surface area (TPSA) is 53.7 Å². The number of methoxy groups -OCH3 is 2. The van der Waals surface area contributed by atoms with E-state index in [-0.39, 0.29) is 0 Å². The van der Waals surface area contributed by atoms with Crippen molar-refractivity contribution in [3.63, 3.8) is 0 Å². The third-order valence-corrected chi connectivity index (χ3v) is 2.76. The van der Waals surface area contributed by atoms with E-state index >= 15 is 0 Å². The third kappa shape index (κ3) is 3.31. The Kier molecular flexibility index (Phi) is 4.13. The van der Waals surface area contributed by atoms with Crippen LogP contribution in [0.5, 0.6) is 17.2 Å². The van der Waals surface area contributed by atoms with Crippen LogP contribution in [0.25, 0.3) is 0 Å². The summed E-state index contributed by atoms with van der Waals surface area (Å²) in [5, 5.41) is 0. The average Bonchev–Trinajstić information content (AvgIpc) is 2.46. The SMILES string of the molecule is COc1ccc(OC)c(COc2ccc(N)cc2)c1. The maximum Gasteiger partial charge on any atom is 0.125 e. The smallest absolute Gasteiger partial charge is 0.125 e. The molecule has 19 heavy (non-hydrogen) atoms. The highest BCUT2D eigenvalue weighted by Gasteiger charge is 2.06. The lowest BCUT2D eigenvalue weighted by Crippen LogP contribution is -1.99. The van der Waals surface area contributed by atoms with E-state index in [0.717, 1.165) is 22.8 Å². The highest BCUT2D eigenvalue weighted by atomic mass is 16.5. The number of hydrogen-bond acceptors (Lipinski definition) is 4. The molecule has 2 aromatic rings. The van der Waals surface area contributed by atoms with Crippen molar-refractivity contribution in [3.05, 3.63) is 48.0 Å². The van der Waals surface area contributed by atoms with Crippen molar-refractivity contribution in [2.24, 2.45) is 0 Å². The predicted molar refractivity (Wildman–Crippen MR) is 74.7 cm³/mol. The molecule has 0 amide bonds. The van der Waals surface area contributed by atoms with Gasteiger partial charge in [0, 0.05) is 11.3 Å². The van der Waals surface area contributed by atoms with Gasteiger partial charge in [-0.25, -0.2) is 0 Å². The lowest BCUT2D eigenvalue weighted by atomic mass is 10.2. The van der Waals surface area contributed by atoms with Crippen LogP contribution in [0.4, 0.5) is 5.69 Å². The number of nitrogen functional groups attached to an aromatic ring is 1. The molecular formula is C15H17NO3. The zero-order chi connectivity index (χ0) is 13.7. The summed E-state index contributed by atoms with van der Waals surface area (Å²) in [6.07, 6.45) is 0. The van der Waals surface area contributed by atoms with E-state index in [0.29, 0.717) is 12.3 Å². The van der Waals surface area contributed by atoms with Gasteiger partial charge in [0.2, 0.25) is 0 Å². The molecule has 2 aromatic carbocycles. The zero-order valence-corrected chi connectivity index (χ0v) is 11.1. The minimum atomic E-state index is 0.407. The zero-order valence-electron chi connectivity index (χ0n) is 11.1. The van der Waals surface area contributed by atoms with Crippen LogP contribution in [0.15, 0.2) is 42.5 Å². The molecule has 0 radical (unpaired) electrons. The van der Waals surface area contributed by atoms with Crippen LogP contribution in [0, 0.1) is 0 Å². The second-order valence-corrected chi connectivity index (χ2v) is 4.04. The van der Waals surface area contributed by atoms with Gasteiger partial charge in [0.1, 0.15) is 23.9 Å². The van der Waals surface area contributed by atoms with E-state index in [9.17, 15) is 0 Å². The number of anilines is 1. The third-order valence-electron chi connectivity index (χ3n) is 2.76. The second-order valence-electron chi connectivity index (χ2n) is 4.04. The van der Waals surface area contributed by atoms with Crippen molar-refractivity contribution >= 4 is 5.69 Å². The number of rotatable bonds is 5. The van der Waals surface area contributed by atoms with E-state index in [1.54, 1.807) is 26.4 Å². The standard InChI is InChI=1S/C15H17NO3/c1-17-14-7-8-15(18-2)11(9-14)10-19-13-5-3-12(16)4-6-13/h3-9H,10,16H2,1-2H3. The van der Waals surface area contributed by atoms with E-state index < -0.39 is 0 Å². The van der Waals surface area contributed by atoms with Gasteiger partial charge in [0.05, 0.1) is 14.2 Å². The summed E-state index contributed by atoms with van der Waals surface area (Å²) in [5.41, 5.74) is 7.27. The molecule has 100 valence electrons. The van der Waals surface area contributed by atoms with Gasteiger partial charge in [-0.15, -0.1) is 0 Å². The van der Waals surface area contributed by atoms with Crippen LogP contribution in [0.2, 0.25) is 0 Å². The Hall–Kier alpha value is -2.36. The van der Waals surface area contributed by atoms with Gasteiger partial charge in [-0.05, 0) is 42.5 Å². The summed E-state index contributed by atoms with van der Waals surface area (Å²) < 4.78 is 16.2. The highest BCUT2D eigenvalue weighted by molar-refractivity contribution is 5.42. The lowest BCUT2D eigenvalue weighted by molar-refractivity contribution is 0.295. The van der Waals surface area contributed by atoms with Crippen LogP contribution >= 0.6 is 0 Å². The Bertz CT molecular complexity index is 538. The molecule has 0 saturated carbocycles. The van der Waals surface area contributed by atoms with Crippen molar-refractivity contribution in [1.82, 2.24) is 0 Å². The molecule has 4 heteroatoms. The first-order valence-corrected chi connectivity index (χ1v) is 5.92. The summed E-state index contributed by atoms with van der Waals surface area (Å²) in [4.78, 5) is 0. The van der Waals surface area contributed by atoms with Crippen LogP contribution < -0.4 is 19.9 Å². The van der Waals surface area contributed by atoms with E-state index in [1.165, 1.54) is 0 Å². The highest BCUT2D eigenvalue weighted by Crippen LogP contribution is 2.25. The molecule has 0 bridgehead atoms. The molecule has 0 fully saturated rings. The van der Waals surface area contributed by atoms with Gasteiger partial charge < -0.3 is 19.9 Å². The summed E-state index contributed by atoms with van der Waals surface area (Å²) in [5.74, 6) is 2.31. The normalized spacial score (nSPS) is 10.0. The predicted octanol–water partition coefficient (Wildman–Crippen LogP) is 2.87. The monoisotopic (exact) mass is 259 g/mol. The second kappa shape index (κ2) is 6.00. The first kappa shape index (κ1) is 13.1. The van der Waals surface area contributed by atoms with Gasteiger partial charge in [0.25, 0.3) is 0 Å². The fourth-order valence-corrected chi connectivity index (χ4v) is 1.72. The van der Waals surface area contributed by atoms with Crippen molar-refractivity contribution in [2.75, 3.05) is 20.0 Å². The molecule has 0 aliphatic carbocycles. The molecule has 0 aliphatic heterocycles. The molecule has 0 aromatic heterocycles. The molecule has 2 N–H and O–H groups in total. The molecule has 2 rings (SSSR count). The number of benzene rings is 2. The quantitative estimate of drug-likeness (QED) is 0.839. The van der Waals surface area contributed by atoms with E-state index in [2.05, 4.69) is 0 Å². The molecular weight excluding hydrogens is 242 g/mol. The summed E-state index contributed by atoms with van der Waals surface area (Å²) in [7, 11) is 3.26. The fraction of sp³-hybridized carbons (Fsp3) is 0.200. The van der Waals surface area contributed by atoms with Gasteiger partial charge in [-0.3, -0.25) is 0 Å². The Balaban J connectivity index is 2.11. The number of ether oxygens (including phenoxy) is 3. The van der Waals surface area contributed by atoms with E-state index in [4.69, 9.17) is 19.9 Å². The van der Waals surface area contributed by atoms with Crippen molar-refractivity contribution in [1.29, 1.82) is 0 Å². The van der Waals surface area contributed by atoms with Crippen LogP contribution in [0.3, 0.4) is 0 Å². The minimum absolute atomic E-state index is 0.407. The first-order valence-electron chi connectivity index (χ1n) is 5.92. The fourth-order valence-electron chi connectivity index (χ4n) is 1.72. The lowest BCUT2D eigenvalue weighted by Gasteiger charge is -2.11. The Morgan fingerprint density at radius 2 is 1.58 bits per heavy atom. The minimum Gasteiger partial charge on any atom is -0.497 e. The maximum absolute atomic E-state index is 5.70. The molecule has 0 unspecified atom stereocenters. The molecule has 4 nitrogen and oxygen atoms in total. The van der Waals surface area contributed by atoms with Gasteiger partial charge >= 0.3 is 0 Å². The first-order chi connectivity index (χ1) is 9.22. The number of hydrogen-bond donors (Lipinski definition) is 1. The molecule has 0 atom stereocenters. The van der Waals surface area contributed by atoms with Gasteiger partial charge in [-0.1, -0.05) is 0 Å². The maximum atomic E-state index is 5.70. The summed E-state index contributed by atoms with van der Waals surface area (Å²) in [6.45, 7) is 0.407. The van der Waals surface area contributed by atoms with Gasteiger partial charge in [-0.2, -0.15) is 0 Å². The van der Waals surface area contributed by atoms with E-state index in [1.807, 2.05) is 30.3 Å². The molecule has 0 heterocycles. The van der Waals surface area contributed by atoms with Gasteiger partial charge in [0.15, 0.2) is 0 Å². The van der Waals surface area contributed by atoms with Crippen LogP contribution in [0.1, 0.15) is 5.56 Å². The molecule has 0 aliphatic rings. The summed E-state index contributed by atoms with van der Waals surface area (Å²) >= 11 is 0. The molecule has 0 saturated heterocycles. The summed E-state index contributed by atoms with van der Waals surface area (Å²) in [6, 6.07) is 12.9. The van der Waals surface area contributed by atoms with Crippen molar-refractivity contribution < 1.29 is 14.2 Å². The van der Waals surface area contributed by atoms with Crippen molar-refractivity contribution in [2.45, 2.75) is 6.61 Å². The molecule has 0 spiro atoms. The average molecular weight is 259 g/mol. The van der Waals surface area contributed by atoms with Crippen molar-refractivity contribution in [3.8, 4) is 17.2 Å². The van der Waals surface area contributed by atoms with Crippen LogP contribution in [-0.2, 0) is 6.61 Å². The van der Waals surface area contributed by atoms with Crippen LogP contribution in [-0.4, -0.2) is 14.2 Å². The Morgan fingerprint density at radius 1 is 0.895 bits per heavy atom. The Morgan fingerprint density at radius 3 is 2.21 bits per heavy atom. The number of nitrogens with two attached hydrogens (primary N) is 1. The Labute approximate surface area is 112 Å². The largest absolute Gasteiger partial charge is 0.497 e.